The molecule has 0 saturated carbocycles. The molecule has 2 aromatic rings. The lowest BCUT2D eigenvalue weighted by atomic mass is 9.86. The second-order valence-electron chi connectivity index (χ2n) is 9.01. The van der Waals surface area contributed by atoms with Crippen LogP contribution in [0, 0.1) is 0 Å². The molecule has 1 saturated heterocycles. The normalized spacial score (nSPS) is 18.2. The first-order valence-electron chi connectivity index (χ1n) is 12.2. The van der Waals surface area contributed by atoms with Gasteiger partial charge in [-0.1, -0.05) is 36.4 Å². The van der Waals surface area contributed by atoms with Gasteiger partial charge in [-0.25, -0.2) is 4.79 Å². The van der Waals surface area contributed by atoms with Gasteiger partial charge in [-0.2, -0.15) is 0 Å². The number of benzene rings is 2. The number of hydrogen-bond acceptors (Lipinski definition) is 6. The molecule has 4 rings (SSSR count). The summed E-state index contributed by atoms with van der Waals surface area (Å²) in [4.78, 5) is 30.9. The van der Waals surface area contributed by atoms with Crippen LogP contribution in [-0.4, -0.2) is 68.2 Å². The predicted octanol–water partition coefficient (Wildman–Crippen LogP) is 4.02. The van der Waals surface area contributed by atoms with Gasteiger partial charge >= 0.3 is 12.1 Å². The van der Waals surface area contributed by atoms with Crippen LogP contribution in [0.2, 0.25) is 0 Å². The molecule has 2 aromatic carbocycles. The third-order valence-electron chi connectivity index (χ3n) is 6.77. The van der Waals surface area contributed by atoms with Crippen LogP contribution in [-0.2, 0) is 27.3 Å². The molecule has 34 heavy (non-hydrogen) atoms. The van der Waals surface area contributed by atoms with E-state index in [4.69, 9.17) is 9.47 Å². The highest BCUT2D eigenvalue weighted by molar-refractivity contribution is 5.71. The van der Waals surface area contributed by atoms with Gasteiger partial charge < -0.3 is 19.3 Å². The Hall–Kier alpha value is -3.06. The largest absolute Gasteiger partial charge is 0.465 e. The number of rotatable bonds is 7. The molecule has 1 aliphatic heterocycles. The van der Waals surface area contributed by atoms with E-state index in [1.165, 1.54) is 16.8 Å². The van der Waals surface area contributed by atoms with Crippen LogP contribution < -0.4 is 4.90 Å². The highest BCUT2D eigenvalue weighted by Gasteiger charge is 2.29. The molecule has 1 atom stereocenters. The van der Waals surface area contributed by atoms with Gasteiger partial charge in [0.05, 0.1) is 19.2 Å². The van der Waals surface area contributed by atoms with Crippen molar-refractivity contribution < 1.29 is 19.1 Å². The number of carbonyl (C=O) groups excluding carboxylic acids is 2. The van der Waals surface area contributed by atoms with E-state index in [9.17, 15) is 9.59 Å². The van der Waals surface area contributed by atoms with Crippen LogP contribution in [0.4, 0.5) is 10.5 Å². The summed E-state index contributed by atoms with van der Waals surface area (Å²) in [5, 5.41) is 0. The number of ether oxygens (including phenoxy) is 2. The third kappa shape index (κ3) is 5.89. The van der Waals surface area contributed by atoms with Crippen LogP contribution >= 0.6 is 0 Å². The zero-order valence-electron chi connectivity index (χ0n) is 20.2. The van der Waals surface area contributed by atoms with Crippen LogP contribution in [0.25, 0.3) is 0 Å². The second kappa shape index (κ2) is 11.4. The predicted molar refractivity (Wildman–Crippen MR) is 132 cm³/mol. The van der Waals surface area contributed by atoms with Gasteiger partial charge in [0.15, 0.2) is 0 Å². The summed E-state index contributed by atoms with van der Waals surface area (Å²) in [5.41, 5.74) is 4.69. The Labute approximate surface area is 202 Å². The third-order valence-corrected chi connectivity index (χ3v) is 6.77. The van der Waals surface area contributed by atoms with Gasteiger partial charge in [-0.05, 0) is 55.0 Å². The van der Waals surface area contributed by atoms with Crippen molar-refractivity contribution in [1.82, 2.24) is 9.80 Å². The van der Waals surface area contributed by atoms with E-state index in [-0.39, 0.29) is 24.7 Å². The molecule has 182 valence electrons. The Morgan fingerprint density at radius 1 is 1.03 bits per heavy atom. The Bertz CT molecular complexity index is 973. The summed E-state index contributed by atoms with van der Waals surface area (Å²) < 4.78 is 10.7. The lowest BCUT2D eigenvalue weighted by Gasteiger charge is -2.37. The first kappa shape index (κ1) is 24.1. The smallest absolute Gasteiger partial charge is 0.410 e. The van der Waals surface area contributed by atoms with Gasteiger partial charge in [-0.15, -0.1) is 0 Å². The molecule has 0 radical (unpaired) electrons. The average Bonchev–Trinajstić information content (AvgIpc) is 2.87. The SMILES string of the molecule is CCOC(=O)CN1CCN(c2ccc3c(c2)C(N(C)C(=O)OCc2ccccc2)CCC3)CC1. The van der Waals surface area contributed by atoms with Crippen LogP contribution in [0.15, 0.2) is 48.5 Å². The quantitative estimate of drug-likeness (QED) is 0.576. The average molecular weight is 466 g/mol. The number of fused-ring (bicyclic) bond motifs is 1. The van der Waals surface area contributed by atoms with Crippen LogP contribution in [0.5, 0.6) is 0 Å². The minimum Gasteiger partial charge on any atom is -0.465 e. The fraction of sp³-hybridized carbons (Fsp3) is 0.481. The summed E-state index contributed by atoms with van der Waals surface area (Å²) in [6.07, 6.45) is 2.73. The molecule has 7 nitrogen and oxygen atoms in total. The highest BCUT2D eigenvalue weighted by Crippen LogP contribution is 2.36. The number of esters is 1. The van der Waals surface area contributed by atoms with E-state index in [0.717, 1.165) is 51.0 Å². The highest BCUT2D eigenvalue weighted by atomic mass is 16.6. The van der Waals surface area contributed by atoms with E-state index in [1.54, 1.807) is 4.90 Å². The second-order valence-corrected chi connectivity index (χ2v) is 9.01. The van der Waals surface area contributed by atoms with Crippen molar-refractivity contribution >= 4 is 17.7 Å². The molecule has 1 heterocycles. The standard InChI is InChI=1S/C27H35N3O4/c1-3-33-26(31)19-29-14-16-30(17-15-29)23-13-12-22-10-7-11-25(24(22)18-23)28(2)27(32)34-20-21-8-5-4-6-9-21/h4-6,8-9,12-13,18,25H,3,7,10-11,14-17,19-20H2,1-2H3. The first-order valence-corrected chi connectivity index (χ1v) is 12.2. The molecule has 0 N–H and O–H groups in total. The zero-order valence-corrected chi connectivity index (χ0v) is 20.2. The zero-order chi connectivity index (χ0) is 23.9. The Kier molecular flexibility index (Phi) is 8.06. The van der Waals surface area contributed by atoms with E-state index in [2.05, 4.69) is 28.0 Å². The van der Waals surface area contributed by atoms with Gasteiger partial charge in [0.2, 0.25) is 0 Å². The Morgan fingerprint density at radius 2 is 1.79 bits per heavy atom. The Morgan fingerprint density at radius 3 is 2.53 bits per heavy atom. The van der Waals surface area contributed by atoms with Gasteiger partial charge in [0.25, 0.3) is 0 Å². The van der Waals surface area contributed by atoms with Crippen molar-refractivity contribution in [1.29, 1.82) is 0 Å². The van der Waals surface area contributed by atoms with Crippen molar-refractivity contribution in [2.45, 2.75) is 38.8 Å². The topological polar surface area (TPSA) is 62.3 Å². The van der Waals surface area contributed by atoms with Crippen molar-refractivity contribution in [3.8, 4) is 0 Å². The number of carbonyl (C=O) groups is 2. The minimum atomic E-state index is -0.292. The number of amides is 1. The van der Waals surface area contributed by atoms with Crippen LogP contribution in [0.3, 0.4) is 0 Å². The summed E-state index contributed by atoms with van der Waals surface area (Å²) in [6.45, 7) is 6.25. The summed E-state index contributed by atoms with van der Waals surface area (Å²) in [5.74, 6) is -0.158. The number of piperazine rings is 1. The number of hydrogen-bond donors (Lipinski definition) is 0. The lowest BCUT2D eigenvalue weighted by Crippen LogP contribution is -2.48. The molecular weight excluding hydrogens is 430 g/mol. The maximum absolute atomic E-state index is 12.8. The number of aryl methyl sites for hydroxylation is 1. The minimum absolute atomic E-state index is 0.0112. The molecule has 0 bridgehead atoms. The van der Waals surface area contributed by atoms with Gasteiger partial charge in [-0.3, -0.25) is 9.69 Å². The van der Waals surface area contributed by atoms with E-state index >= 15 is 0 Å². The molecule has 1 aliphatic carbocycles. The molecule has 1 fully saturated rings. The van der Waals surface area contributed by atoms with Crippen molar-refractivity contribution in [2.75, 3.05) is 51.3 Å². The van der Waals surface area contributed by atoms with E-state index in [0.29, 0.717) is 13.2 Å². The van der Waals surface area contributed by atoms with E-state index in [1.807, 2.05) is 44.3 Å². The summed E-state index contributed by atoms with van der Waals surface area (Å²) in [7, 11) is 1.84. The molecule has 7 heteroatoms. The fourth-order valence-electron chi connectivity index (χ4n) is 4.86. The maximum atomic E-state index is 12.8. The van der Waals surface area contributed by atoms with Crippen molar-refractivity contribution in [3.05, 3.63) is 65.2 Å². The number of nitrogens with zero attached hydrogens (tertiary/aromatic N) is 3. The first-order chi connectivity index (χ1) is 16.5. The van der Waals surface area contributed by atoms with Gasteiger partial charge in [0, 0.05) is 38.9 Å². The molecule has 1 unspecified atom stereocenters. The monoisotopic (exact) mass is 465 g/mol. The van der Waals surface area contributed by atoms with E-state index < -0.39 is 0 Å². The summed E-state index contributed by atoms with van der Waals surface area (Å²) in [6, 6.07) is 16.4. The Balaban J connectivity index is 1.39. The van der Waals surface area contributed by atoms with Crippen LogP contribution in [0.1, 0.15) is 42.5 Å². The van der Waals surface area contributed by atoms with Crippen molar-refractivity contribution in [3.63, 3.8) is 0 Å². The van der Waals surface area contributed by atoms with Gasteiger partial charge in [0.1, 0.15) is 6.61 Å². The molecule has 1 amide bonds. The number of anilines is 1. The maximum Gasteiger partial charge on any atom is 0.410 e. The molecule has 2 aliphatic rings. The summed E-state index contributed by atoms with van der Waals surface area (Å²) >= 11 is 0. The molecule has 0 spiro atoms. The lowest BCUT2D eigenvalue weighted by molar-refractivity contribution is -0.144. The molecule has 0 aromatic heterocycles. The molecular formula is C27H35N3O4. The van der Waals surface area contributed by atoms with Crippen molar-refractivity contribution in [2.24, 2.45) is 0 Å². The fourth-order valence-corrected chi connectivity index (χ4v) is 4.86.